The van der Waals surface area contributed by atoms with Gasteiger partial charge in [-0.2, -0.15) is 0 Å². The summed E-state index contributed by atoms with van der Waals surface area (Å²) in [6.07, 6.45) is 0. The highest BCUT2D eigenvalue weighted by molar-refractivity contribution is 6.31. The Morgan fingerprint density at radius 1 is 1.12 bits per heavy atom. The lowest BCUT2D eigenvalue weighted by atomic mass is 10.1. The number of amidine groups is 1. The van der Waals surface area contributed by atoms with Crippen molar-refractivity contribution in [1.82, 2.24) is 10.2 Å². The number of benzene rings is 3. The largest absolute Gasteiger partial charge is 0.405 e. The van der Waals surface area contributed by atoms with Crippen molar-refractivity contribution in [1.29, 1.82) is 5.41 Å². The second kappa shape index (κ2) is 12.4. The third-order valence-electron chi connectivity index (χ3n) is 6.43. The lowest BCUT2D eigenvalue weighted by molar-refractivity contribution is -0.272. The van der Waals surface area contributed by atoms with Crippen molar-refractivity contribution in [2.24, 2.45) is 5.73 Å². The molecule has 3 aromatic carbocycles. The van der Waals surface area contributed by atoms with E-state index in [1.807, 2.05) is 0 Å². The second-order valence-electron chi connectivity index (χ2n) is 9.21. The minimum absolute atomic E-state index is 0.0607. The number of anilines is 1. The van der Waals surface area contributed by atoms with Crippen LogP contribution in [0, 0.1) is 11.2 Å². The van der Waals surface area contributed by atoms with Gasteiger partial charge in [0.2, 0.25) is 0 Å². The van der Waals surface area contributed by atoms with E-state index < -0.39 is 29.5 Å². The van der Waals surface area contributed by atoms with Crippen LogP contribution in [-0.2, 0) is 38.7 Å². The van der Waals surface area contributed by atoms with Gasteiger partial charge in [-0.05, 0) is 42.3 Å². The van der Waals surface area contributed by atoms with Crippen LogP contribution in [-0.4, -0.2) is 41.0 Å². The van der Waals surface area contributed by atoms with Gasteiger partial charge in [-0.25, -0.2) is 4.39 Å². The fraction of sp³-hybridized carbons (Fsp3) is 0.241. The van der Waals surface area contributed by atoms with E-state index >= 15 is 0 Å². The Kier molecular flexibility index (Phi) is 8.89. The number of nitrogen functional groups attached to an aromatic ring is 1. The van der Waals surface area contributed by atoms with Crippen molar-refractivity contribution in [2.45, 2.75) is 39.4 Å². The number of hydrogen-bond donors (Lipinski definition) is 4. The van der Waals surface area contributed by atoms with E-state index in [0.717, 1.165) is 11.8 Å². The van der Waals surface area contributed by atoms with E-state index in [4.69, 9.17) is 32.2 Å². The number of esters is 1. The molecule has 0 saturated heterocycles. The van der Waals surface area contributed by atoms with Gasteiger partial charge in [0.15, 0.2) is 0 Å². The van der Waals surface area contributed by atoms with Crippen LogP contribution in [0.3, 0.4) is 0 Å². The van der Waals surface area contributed by atoms with Crippen molar-refractivity contribution in [3.8, 4) is 0 Å². The van der Waals surface area contributed by atoms with Crippen LogP contribution < -0.4 is 16.4 Å². The zero-order valence-corrected chi connectivity index (χ0v) is 23.2. The molecule has 1 aliphatic rings. The number of ether oxygens (including phenoxy) is 2. The smallest absolute Gasteiger partial charge is 0.383 e. The molecule has 1 heterocycles. The molecule has 0 fully saturated rings. The molecule has 0 unspecified atom stereocenters. The molecule has 0 radical (unpaired) electrons. The Bertz CT molecular complexity index is 1520. The normalized spacial score (nSPS) is 13.8. The van der Waals surface area contributed by atoms with E-state index in [9.17, 15) is 18.8 Å². The van der Waals surface area contributed by atoms with Gasteiger partial charge in [0.25, 0.3) is 5.91 Å². The molecule has 5 N–H and O–H groups in total. The molecule has 0 bridgehead atoms. The Morgan fingerprint density at radius 2 is 1.88 bits per heavy atom. The number of rotatable bonds is 11. The third-order valence-corrected chi connectivity index (χ3v) is 6.66. The first-order chi connectivity index (χ1) is 19.6. The molecule has 41 heavy (non-hydrogen) atoms. The summed E-state index contributed by atoms with van der Waals surface area (Å²) in [4.78, 5) is 40.4. The number of carbonyl (C=O) groups is 3. The summed E-state index contributed by atoms with van der Waals surface area (Å²) in [6.45, 7) is 2.60. The van der Waals surface area contributed by atoms with Gasteiger partial charge in [0.1, 0.15) is 11.7 Å². The number of nitrogens with one attached hydrogen (secondary N) is 3. The highest BCUT2D eigenvalue weighted by atomic mass is 35.5. The first kappa shape index (κ1) is 29.5. The number of fused-ring (bicyclic) bond motifs is 1. The minimum Gasteiger partial charge on any atom is -0.405 e. The molecular weight excluding hydrogens is 553 g/mol. The lowest BCUT2D eigenvalue weighted by Crippen LogP contribution is -2.63. The zero-order chi connectivity index (χ0) is 29.7. The number of carbonyl (C=O) groups excluding carboxylic acids is 3. The molecule has 0 aliphatic carbocycles. The first-order valence-electron chi connectivity index (χ1n) is 12.7. The lowest BCUT2D eigenvalue weighted by Gasteiger charge is -2.37. The van der Waals surface area contributed by atoms with E-state index in [-0.39, 0.29) is 37.6 Å². The summed E-state index contributed by atoms with van der Waals surface area (Å²) >= 11 is 6.08. The maximum atomic E-state index is 14.2. The van der Waals surface area contributed by atoms with Crippen LogP contribution in [0.5, 0.6) is 0 Å². The summed E-state index contributed by atoms with van der Waals surface area (Å²) in [7, 11) is 0. The Morgan fingerprint density at radius 3 is 2.56 bits per heavy atom. The number of hydrogen-bond acceptors (Lipinski definition) is 7. The van der Waals surface area contributed by atoms with E-state index in [1.165, 1.54) is 12.1 Å². The summed E-state index contributed by atoms with van der Waals surface area (Å²) in [5.74, 6) is -5.29. The number of halogens is 2. The highest BCUT2D eigenvalue weighted by Crippen LogP contribution is 2.33. The molecule has 2 amide bonds. The van der Waals surface area contributed by atoms with Crippen molar-refractivity contribution < 1.29 is 28.2 Å². The predicted molar refractivity (Wildman–Crippen MR) is 150 cm³/mol. The first-order valence-corrected chi connectivity index (χ1v) is 13.1. The highest BCUT2D eigenvalue weighted by Gasteiger charge is 2.54. The molecular formula is C29H29ClFN5O5. The van der Waals surface area contributed by atoms with Crippen LogP contribution in [0.2, 0.25) is 5.02 Å². The maximum Gasteiger partial charge on any atom is 0.383 e. The fourth-order valence-electron chi connectivity index (χ4n) is 4.48. The molecule has 1 atom stereocenters. The second-order valence-corrected chi connectivity index (χ2v) is 9.65. The SMILES string of the molecule is CCO[C@](OC(C)=O)(C(=O)NCc1ccc(C(=N)N)cc1NCc1ccccc1F)N1Cc2ccc(Cl)cc2C1=O. The summed E-state index contributed by atoms with van der Waals surface area (Å²) in [5, 5.41) is 14.0. The molecule has 214 valence electrons. The van der Waals surface area contributed by atoms with Gasteiger partial charge in [-0.3, -0.25) is 24.7 Å². The number of nitrogens with two attached hydrogens (primary N) is 1. The fourth-order valence-corrected chi connectivity index (χ4v) is 4.65. The van der Waals surface area contributed by atoms with Crippen LogP contribution in [0.15, 0.2) is 60.7 Å². The standard InChI is InChI=1S/C29H29ClFN5O5/c1-3-40-29(41-17(2)37,36-16-21-10-11-22(30)13-23(21)27(36)38)28(39)35-15-20-9-8-18(26(32)33)12-25(20)34-14-19-6-4-5-7-24(19)31/h4-13,34H,3,14-16H2,1-2H3,(H3,32,33)(H,35,39)/t29-/m0/s1. The summed E-state index contributed by atoms with van der Waals surface area (Å²) in [6, 6.07) is 15.9. The van der Waals surface area contributed by atoms with Crippen LogP contribution in [0.25, 0.3) is 0 Å². The summed E-state index contributed by atoms with van der Waals surface area (Å²) < 4.78 is 25.4. The minimum atomic E-state index is -2.40. The Labute approximate surface area is 241 Å². The average molecular weight is 582 g/mol. The quantitative estimate of drug-likeness (QED) is 0.116. The molecule has 3 aromatic rings. The molecule has 4 rings (SSSR count). The Hall–Kier alpha value is -4.48. The van der Waals surface area contributed by atoms with Crippen LogP contribution in [0.4, 0.5) is 10.1 Å². The number of amides is 2. The van der Waals surface area contributed by atoms with Crippen LogP contribution in [0.1, 0.15) is 46.5 Å². The maximum absolute atomic E-state index is 14.2. The van der Waals surface area contributed by atoms with Gasteiger partial charge in [-0.1, -0.05) is 48.0 Å². The molecule has 12 heteroatoms. The average Bonchev–Trinajstić information content (AvgIpc) is 3.26. The van der Waals surface area contributed by atoms with Crippen molar-refractivity contribution in [2.75, 3.05) is 11.9 Å². The van der Waals surface area contributed by atoms with Gasteiger partial charge in [0, 0.05) is 47.4 Å². The third kappa shape index (κ3) is 6.31. The van der Waals surface area contributed by atoms with E-state index in [0.29, 0.717) is 33.0 Å². The molecule has 10 nitrogen and oxygen atoms in total. The number of nitrogens with zero attached hydrogens (tertiary/aromatic N) is 1. The molecule has 0 spiro atoms. The van der Waals surface area contributed by atoms with Crippen molar-refractivity contribution in [3.05, 3.63) is 99.3 Å². The summed E-state index contributed by atoms with van der Waals surface area (Å²) in [5.41, 5.74) is 8.38. The molecule has 0 aromatic heterocycles. The van der Waals surface area contributed by atoms with Crippen molar-refractivity contribution in [3.63, 3.8) is 0 Å². The Balaban J connectivity index is 1.62. The van der Waals surface area contributed by atoms with Gasteiger partial charge in [0.05, 0.1) is 13.2 Å². The topological polar surface area (TPSA) is 147 Å². The van der Waals surface area contributed by atoms with E-state index in [2.05, 4.69) is 10.6 Å². The monoisotopic (exact) mass is 581 g/mol. The van der Waals surface area contributed by atoms with Crippen LogP contribution >= 0.6 is 11.6 Å². The molecule has 1 aliphatic heterocycles. The molecule has 0 saturated carbocycles. The van der Waals surface area contributed by atoms with Crippen molar-refractivity contribution >= 4 is 40.9 Å². The zero-order valence-electron chi connectivity index (χ0n) is 22.4. The van der Waals surface area contributed by atoms with E-state index in [1.54, 1.807) is 55.5 Å². The predicted octanol–water partition coefficient (Wildman–Crippen LogP) is 3.90. The van der Waals surface area contributed by atoms with Gasteiger partial charge < -0.3 is 25.8 Å². The van der Waals surface area contributed by atoms with Gasteiger partial charge in [-0.15, -0.1) is 0 Å². The van der Waals surface area contributed by atoms with Gasteiger partial charge >= 0.3 is 17.8 Å².